The lowest BCUT2D eigenvalue weighted by molar-refractivity contribution is 0.0554. The van der Waals surface area contributed by atoms with E-state index in [1.807, 2.05) is 26.8 Å². The van der Waals surface area contributed by atoms with Crippen molar-refractivity contribution in [1.82, 2.24) is 4.98 Å². The zero-order valence-electron chi connectivity index (χ0n) is 11.6. The molecule has 0 heterocycles. The first kappa shape index (κ1) is 15.8. The summed E-state index contributed by atoms with van der Waals surface area (Å²) in [6.45, 7) is 6.78. The van der Waals surface area contributed by atoms with Crippen LogP contribution in [0.25, 0.3) is 0 Å². The Morgan fingerprint density at radius 3 is 1.89 bits per heavy atom. The molecular weight excluding hydrogens is 262 g/mol. The molecule has 0 aromatic heterocycles. The Bertz CT molecular complexity index is 368. The Balaban J connectivity index is 2.83. The number of hydrogen-bond acceptors (Lipinski definition) is 4. The van der Waals surface area contributed by atoms with E-state index in [1.165, 1.54) is 0 Å². The fraction of sp³-hybridized carbons (Fsp3) is 0.462. The Kier molecular flexibility index (Phi) is 6.72. The normalized spacial score (nSPS) is 11.3. The van der Waals surface area contributed by atoms with Gasteiger partial charge in [-0.2, -0.15) is 0 Å². The first-order chi connectivity index (χ1) is 9.17. The van der Waals surface area contributed by atoms with Crippen LogP contribution in [-0.2, 0) is 13.3 Å². The average molecular weight is 283 g/mol. The number of amides is 1. The summed E-state index contributed by atoms with van der Waals surface area (Å²) in [5.74, 6) is -0.248. The molecule has 0 aliphatic heterocycles. The highest BCUT2D eigenvalue weighted by atomic mass is 28.4. The number of nitrogens with one attached hydrogen (secondary N) is 1. The summed E-state index contributed by atoms with van der Waals surface area (Å²) in [5.41, 5.74) is 0.554. The molecule has 0 aliphatic carbocycles. The van der Waals surface area contributed by atoms with E-state index < -0.39 is 8.97 Å². The zero-order chi connectivity index (χ0) is 14.1. The van der Waals surface area contributed by atoms with Crippen LogP contribution in [-0.4, -0.2) is 34.7 Å². The summed E-state index contributed by atoms with van der Waals surface area (Å²) in [5, 5.41) is 0. The van der Waals surface area contributed by atoms with E-state index in [-0.39, 0.29) is 5.91 Å². The van der Waals surface area contributed by atoms with Crippen molar-refractivity contribution in [3.05, 3.63) is 35.9 Å². The summed E-state index contributed by atoms with van der Waals surface area (Å²) in [6, 6.07) is 8.94. The second-order valence-electron chi connectivity index (χ2n) is 3.68. The molecule has 1 N–H and O–H groups in total. The van der Waals surface area contributed by atoms with E-state index in [2.05, 4.69) is 4.98 Å². The molecule has 5 nitrogen and oxygen atoms in total. The summed E-state index contributed by atoms with van der Waals surface area (Å²) in [6.07, 6.45) is 0. The van der Waals surface area contributed by atoms with Crippen LogP contribution in [0.5, 0.6) is 0 Å². The van der Waals surface area contributed by atoms with Gasteiger partial charge in [0.25, 0.3) is 0 Å². The van der Waals surface area contributed by atoms with Crippen LogP contribution in [0.4, 0.5) is 0 Å². The third-order valence-electron chi connectivity index (χ3n) is 2.31. The number of carbonyl (C=O) groups excluding carboxylic acids is 1. The van der Waals surface area contributed by atoms with Gasteiger partial charge in [-0.15, -0.1) is 0 Å². The Morgan fingerprint density at radius 2 is 1.47 bits per heavy atom. The van der Waals surface area contributed by atoms with Crippen LogP contribution < -0.4 is 4.98 Å². The minimum absolute atomic E-state index is 0.248. The summed E-state index contributed by atoms with van der Waals surface area (Å²) in [4.78, 5) is 15.0. The van der Waals surface area contributed by atoms with Crippen molar-refractivity contribution >= 4 is 14.9 Å². The molecule has 0 unspecified atom stereocenters. The Morgan fingerprint density at radius 1 is 1.00 bits per heavy atom. The number of hydrogen-bond donors (Lipinski definition) is 1. The highest BCUT2D eigenvalue weighted by Gasteiger charge is 2.44. The van der Waals surface area contributed by atoms with Crippen LogP contribution in [0.15, 0.2) is 30.3 Å². The molecule has 0 saturated heterocycles. The molecule has 1 rings (SSSR count). The summed E-state index contributed by atoms with van der Waals surface area (Å²) < 4.78 is 16.7. The maximum absolute atomic E-state index is 12.2. The molecule has 0 saturated carbocycles. The van der Waals surface area contributed by atoms with Gasteiger partial charge in [-0.1, -0.05) is 18.2 Å². The molecule has 0 spiro atoms. The van der Waals surface area contributed by atoms with Crippen molar-refractivity contribution in [2.45, 2.75) is 20.8 Å². The highest BCUT2D eigenvalue weighted by molar-refractivity contribution is 6.61. The Hall–Kier alpha value is -1.21. The topological polar surface area (TPSA) is 56.8 Å². The molecule has 1 amide bonds. The molecular formula is C13H21NO4Si. The van der Waals surface area contributed by atoms with Gasteiger partial charge in [0, 0.05) is 25.4 Å². The number of carbonyl (C=O) groups is 1. The van der Waals surface area contributed by atoms with Crippen LogP contribution in [0.2, 0.25) is 0 Å². The van der Waals surface area contributed by atoms with Crippen LogP contribution in [0.1, 0.15) is 31.1 Å². The molecule has 1 aromatic carbocycles. The molecule has 0 aliphatic rings. The van der Waals surface area contributed by atoms with Crippen molar-refractivity contribution in [2.75, 3.05) is 19.8 Å². The van der Waals surface area contributed by atoms with Gasteiger partial charge in [-0.25, -0.2) is 0 Å². The second-order valence-corrected chi connectivity index (χ2v) is 5.90. The summed E-state index contributed by atoms with van der Waals surface area (Å²) >= 11 is 0. The van der Waals surface area contributed by atoms with Crippen LogP contribution >= 0.6 is 0 Å². The quantitative estimate of drug-likeness (QED) is 0.741. The van der Waals surface area contributed by atoms with Crippen LogP contribution in [0, 0.1) is 0 Å². The molecule has 0 atom stereocenters. The van der Waals surface area contributed by atoms with E-state index in [9.17, 15) is 4.79 Å². The molecule has 0 radical (unpaired) electrons. The van der Waals surface area contributed by atoms with E-state index in [4.69, 9.17) is 13.3 Å². The van der Waals surface area contributed by atoms with Gasteiger partial charge in [0.05, 0.1) is 0 Å². The zero-order valence-corrected chi connectivity index (χ0v) is 12.6. The van der Waals surface area contributed by atoms with Gasteiger partial charge < -0.3 is 18.3 Å². The van der Waals surface area contributed by atoms with Crippen molar-refractivity contribution in [3.63, 3.8) is 0 Å². The lowest BCUT2D eigenvalue weighted by Crippen LogP contribution is -2.61. The second kappa shape index (κ2) is 8.06. The van der Waals surface area contributed by atoms with Crippen molar-refractivity contribution < 1.29 is 18.1 Å². The minimum Gasteiger partial charge on any atom is -0.357 e. The maximum atomic E-state index is 12.2. The lowest BCUT2D eigenvalue weighted by atomic mass is 10.2. The fourth-order valence-electron chi connectivity index (χ4n) is 1.60. The standard InChI is InChI=1S/C13H21NO4Si/c1-4-16-19(17-5-2,18-6-3)14-13(15)12-10-8-7-9-11-12/h7-11H,4-6H2,1-3H3,(H,14,15). The van der Waals surface area contributed by atoms with E-state index in [0.29, 0.717) is 25.4 Å². The third kappa shape index (κ3) is 4.75. The third-order valence-corrected chi connectivity index (χ3v) is 4.85. The minimum atomic E-state index is -3.14. The lowest BCUT2D eigenvalue weighted by Gasteiger charge is -2.27. The molecule has 0 fully saturated rings. The van der Waals surface area contributed by atoms with Crippen molar-refractivity contribution in [3.8, 4) is 0 Å². The maximum Gasteiger partial charge on any atom is 0.633 e. The van der Waals surface area contributed by atoms with E-state index in [1.54, 1.807) is 24.3 Å². The van der Waals surface area contributed by atoms with Crippen LogP contribution in [0.3, 0.4) is 0 Å². The largest absolute Gasteiger partial charge is 0.633 e. The first-order valence-corrected chi connectivity index (χ1v) is 8.19. The van der Waals surface area contributed by atoms with E-state index >= 15 is 0 Å². The molecule has 106 valence electrons. The molecule has 19 heavy (non-hydrogen) atoms. The molecule has 1 aromatic rings. The Labute approximate surface area is 115 Å². The van der Waals surface area contributed by atoms with Gasteiger partial charge in [-0.3, -0.25) is 4.79 Å². The predicted molar refractivity (Wildman–Crippen MR) is 74.5 cm³/mol. The van der Waals surface area contributed by atoms with Gasteiger partial charge in [0.2, 0.25) is 5.91 Å². The molecule has 6 heteroatoms. The monoisotopic (exact) mass is 283 g/mol. The van der Waals surface area contributed by atoms with Gasteiger partial charge in [0.15, 0.2) is 0 Å². The highest BCUT2D eigenvalue weighted by Crippen LogP contribution is 2.08. The van der Waals surface area contributed by atoms with Crippen molar-refractivity contribution in [2.24, 2.45) is 0 Å². The summed E-state index contributed by atoms with van der Waals surface area (Å²) in [7, 11) is -3.14. The smallest absolute Gasteiger partial charge is 0.357 e. The SMILES string of the molecule is CCO[Si](NC(=O)c1ccccc1)(OCC)OCC. The van der Waals surface area contributed by atoms with Gasteiger partial charge >= 0.3 is 8.97 Å². The fourth-order valence-corrected chi connectivity index (χ4v) is 3.63. The first-order valence-electron chi connectivity index (χ1n) is 6.46. The number of benzene rings is 1. The van der Waals surface area contributed by atoms with Gasteiger partial charge in [0.1, 0.15) is 0 Å². The molecule has 0 bridgehead atoms. The van der Waals surface area contributed by atoms with E-state index in [0.717, 1.165) is 0 Å². The predicted octanol–water partition coefficient (Wildman–Crippen LogP) is 1.96. The van der Waals surface area contributed by atoms with Gasteiger partial charge in [-0.05, 0) is 32.9 Å². The number of rotatable bonds is 8. The van der Waals surface area contributed by atoms with Crippen molar-refractivity contribution in [1.29, 1.82) is 0 Å². The average Bonchev–Trinajstić information content (AvgIpc) is 2.40.